The third kappa shape index (κ3) is 4.20. The van der Waals surface area contributed by atoms with Crippen molar-refractivity contribution in [2.45, 2.75) is 38.8 Å². The van der Waals surface area contributed by atoms with Crippen molar-refractivity contribution in [2.75, 3.05) is 20.1 Å². The zero-order valence-electron chi connectivity index (χ0n) is 17.5. The minimum atomic E-state index is -0.0661. The predicted molar refractivity (Wildman–Crippen MR) is 115 cm³/mol. The molecule has 1 aromatic carbocycles. The lowest BCUT2D eigenvalue weighted by Gasteiger charge is -2.27. The van der Waals surface area contributed by atoms with Gasteiger partial charge in [0.05, 0.1) is 6.20 Å². The van der Waals surface area contributed by atoms with Crippen LogP contribution in [0.5, 0.6) is 0 Å². The smallest absolute Gasteiger partial charge is 0.273 e. The number of aryl methyl sites for hydroxylation is 1. The largest absolute Gasteiger partial charge is 0.341 e. The van der Waals surface area contributed by atoms with Crippen molar-refractivity contribution in [3.63, 3.8) is 0 Å². The zero-order chi connectivity index (χ0) is 21.1. The molecule has 1 aliphatic rings. The van der Waals surface area contributed by atoms with Crippen LogP contribution in [0.3, 0.4) is 0 Å². The van der Waals surface area contributed by atoms with Gasteiger partial charge in [-0.3, -0.25) is 19.3 Å². The first-order valence-electron chi connectivity index (χ1n) is 10.4. The van der Waals surface area contributed by atoms with E-state index < -0.39 is 0 Å². The molecular weight excluding hydrogens is 378 g/mol. The van der Waals surface area contributed by atoms with Crippen LogP contribution in [0.4, 0.5) is 0 Å². The van der Waals surface area contributed by atoms with Gasteiger partial charge in [-0.25, -0.2) is 0 Å². The summed E-state index contributed by atoms with van der Waals surface area (Å²) in [5.74, 6) is 0.00652. The lowest BCUT2D eigenvalue weighted by atomic mass is 10.1. The minimum Gasteiger partial charge on any atom is -0.341 e. The number of fused-ring (bicyclic) bond motifs is 1. The summed E-state index contributed by atoms with van der Waals surface area (Å²) in [6, 6.07) is 9.82. The second-order valence-corrected chi connectivity index (χ2v) is 7.98. The van der Waals surface area contributed by atoms with E-state index in [1.54, 1.807) is 22.0 Å². The highest BCUT2D eigenvalue weighted by atomic mass is 16.2. The van der Waals surface area contributed by atoms with Crippen LogP contribution in [0.15, 0.2) is 48.9 Å². The number of nitrogens with zero attached hydrogens (tertiary/aromatic N) is 5. The second kappa shape index (κ2) is 8.65. The molecule has 1 aliphatic heterocycles. The number of hydrogen-bond acceptors (Lipinski definition) is 4. The van der Waals surface area contributed by atoms with Gasteiger partial charge in [0, 0.05) is 44.0 Å². The predicted octanol–water partition coefficient (Wildman–Crippen LogP) is 2.89. The van der Waals surface area contributed by atoms with Gasteiger partial charge in [-0.2, -0.15) is 5.10 Å². The molecule has 2 amide bonds. The maximum Gasteiger partial charge on any atom is 0.273 e. The van der Waals surface area contributed by atoms with Gasteiger partial charge in [0.25, 0.3) is 5.91 Å². The van der Waals surface area contributed by atoms with Crippen molar-refractivity contribution in [3.8, 4) is 0 Å². The van der Waals surface area contributed by atoms with E-state index in [0.29, 0.717) is 18.8 Å². The lowest BCUT2D eigenvalue weighted by Crippen LogP contribution is -2.39. The summed E-state index contributed by atoms with van der Waals surface area (Å²) in [4.78, 5) is 34.0. The van der Waals surface area contributed by atoms with Gasteiger partial charge in [-0.15, -0.1) is 0 Å². The number of amides is 2. The molecule has 3 heterocycles. The number of pyridine rings is 1. The van der Waals surface area contributed by atoms with E-state index in [0.717, 1.165) is 35.6 Å². The van der Waals surface area contributed by atoms with E-state index >= 15 is 0 Å². The summed E-state index contributed by atoms with van der Waals surface area (Å²) in [6.45, 7) is 3.57. The molecule has 1 fully saturated rings. The average Bonchev–Trinajstić information content (AvgIpc) is 3.01. The quantitative estimate of drug-likeness (QED) is 0.669. The molecule has 1 saturated heterocycles. The molecule has 2 aromatic heterocycles. The van der Waals surface area contributed by atoms with E-state index in [1.807, 2.05) is 55.4 Å². The van der Waals surface area contributed by atoms with Crippen molar-refractivity contribution in [1.29, 1.82) is 0 Å². The van der Waals surface area contributed by atoms with E-state index in [1.165, 1.54) is 0 Å². The topological polar surface area (TPSA) is 71.3 Å². The maximum atomic E-state index is 13.2. The number of aromatic nitrogens is 3. The average molecular weight is 406 g/mol. The van der Waals surface area contributed by atoms with Gasteiger partial charge in [0.2, 0.25) is 5.91 Å². The van der Waals surface area contributed by atoms with Crippen LogP contribution >= 0.6 is 0 Å². The van der Waals surface area contributed by atoms with Crippen LogP contribution in [-0.2, 0) is 11.3 Å². The summed E-state index contributed by atoms with van der Waals surface area (Å²) in [5, 5.41) is 6.09. The Labute approximate surface area is 176 Å². The third-order valence-electron chi connectivity index (χ3n) is 5.85. The Morgan fingerprint density at radius 2 is 2.00 bits per heavy atom. The van der Waals surface area contributed by atoms with Crippen LogP contribution in [0.2, 0.25) is 0 Å². The number of carbonyl (C=O) groups is 2. The first-order chi connectivity index (χ1) is 14.5. The first kappa shape index (κ1) is 20.1. The Morgan fingerprint density at radius 1 is 1.17 bits per heavy atom. The number of rotatable bonds is 4. The highest BCUT2D eigenvalue weighted by molar-refractivity contribution is 6.05. The van der Waals surface area contributed by atoms with Crippen LogP contribution in [0.1, 0.15) is 35.3 Å². The number of benzene rings is 1. The normalized spacial score (nSPS) is 17.0. The molecule has 7 nitrogen and oxygen atoms in total. The molecule has 0 N–H and O–H groups in total. The Bertz CT molecular complexity index is 1060. The van der Waals surface area contributed by atoms with E-state index in [2.05, 4.69) is 10.1 Å². The summed E-state index contributed by atoms with van der Waals surface area (Å²) in [6.07, 6.45) is 7.83. The van der Waals surface area contributed by atoms with Gasteiger partial charge < -0.3 is 9.80 Å². The van der Waals surface area contributed by atoms with Crippen molar-refractivity contribution in [3.05, 3.63) is 60.2 Å². The summed E-state index contributed by atoms with van der Waals surface area (Å²) >= 11 is 0. The van der Waals surface area contributed by atoms with Gasteiger partial charge in [-0.1, -0.05) is 24.3 Å². The van der Waals surface area contributed by atoms with Crippen LogP contribution in [-0.4, -0.2) is 62.6 Å². The maximum absolute atomic E-state index is 13.2. The van der Waals surface area contributed by atoms with Crippen molar-refractivity contribution in [1.82, 2.24) is 24.6 Å². The van der Waals surface area contributed by atoms with Crippen LogP contribution in [0.25, 0.3) is 10.8 Å². The molecule has 30 heavy (non-hydrogen) atoms. The van der Waals surface area contributed by atoms with Gasteiger partial charge in [0.15, 0.2) is 0 Å². The van der Waals surface area contributed by atoms with E-state index in [-0.39, 0.29) is 24.4 Å². The van der Waals surface area contributed by atoms with Gasteiger partial charge >= 0.3 is 0 Å². The standard InChI is InChI=1S/C23H27N5O2/c1-17-14-25-28(15-17)16-21(29)27-12-5-7-19(10-13-27)26(2)23(30)22-20-8-4-3-6-18(20)9-11-24-22/h3-4,6,8-9,11,14-15,19H,5,7,10,12-13,16H2,1-2H3. The van der Waals surface area contributed by atoms with E-state index in [4.69, 9.17) is 0 Å². The Balaban J connectivity index is 1.42. The molecule has 4 rings (SSSR count). The fourth-order valence-electron chi connectivity index (χ4n) is 4.13. The van der Waals surface area contributed by atoms with Crippen molar-refractivity contribution < 1.29 is 9.59 Å². The summed E-state index contributed by atoms with van der Waals surface area (Å²) in [7, 11) is 1.85. The third-order valence-corrected chi connectivity index (χ3v) is 5.85. The van der Waals surface area contributed by atoms with E-state index in [9.17, 15) is 9.59 Å². The SMILES string of the molecule is Cc1cnn(CC(=O)N2CCCC(N(C)C(=O)c3nccc4ccccc34)CC2)c1. The first-order valence-corrected chi connectivity index (χ1v) is 10.4. The fraction of sp³-hybridized carbons (Fsp3) is 0.391. The number of hydrogen-bond donors (Lipinski definition) is 0. The number of likely N-dealkylation sites (tertiary alicyclic amines) is 1. The zero-order valence-corrected chi connectivity index (χ0v) is 17.5. The monoisotopic (exact) mass is 405 g/mol. The van der Waals surface area contributed by atoms with Crippen LogP contribution < -0.4 is 0 Å². The highest BCUT2D eigenvalue weighted by Gasteiger charge is 2.27. The molecule has 0 saturated carbocycles. The molecule has 156 valence electrons. The molecule has 1 atom stereocenters. The van der Waals surface area contributed by atoms with Crippen molar-refractivity contribution in [2.24, 2.45) is 0 Å². The molecule has 0 spiro atoms. The molecule has 0 aliphatic carbocycles. The highest BCUT2D eigenvalue weighted by Crippen LogP contribution is 2.22. The summed E-state index contributed by atoms with van der Waals surface area (Å²) < 4.78 is 1.68. The molecule has 0 radical (unpaired) electrons. The Kier molecular flexibility index (Phi) is 5.79. The Morgan fingerprint density at radius 3 is 2.80 bits per heavy atom. The summed E-state index contributed by atoms with van der Waals surface area (Å²) in [5.41, 5.74) is 1.53. The van der Waals surface area contributed by atoms with Gasteiger partial charge in [0.1, 0.15) is 12.2 Å². The fourth-order valence-corrected chi connectivity index (χ4v) is 4.13. The van der Waals surface area contributed by atoms with Gasteiger partial charge in [-0.05, 0) is 43.2 Å². The Hall–Kier alpha value is -3.22. The lowest BCUT2D eigenvalue weighted by molar-refractivity contribution is -0.132. The second-order valence-electron chi connectivity index (χ2n) is 7.98. The molecular formula is C23H27N5O2. The molecule has 1 unspecified atom stereocenters. The van der Waals surface area contributed by atoms with Crippen molar-refractivity contribution >= 4 is 22.6 Å². The van der Waals surface area contributed by atoms with Crippen LogP contribution in [0, 0.1) is 6.92 Å². The molecule has 0 bridgehead atoms. The molecule has 3 aromatic rings. The number of carbonyl (C=O) groups excluding carboxylic acids is 2. The molecule has 7 heteroatoms. The minimum absolute atomic E-state index is 0.0661.